The van der Waals surface area contributed by atoms with Crippen LogP contribution in [0.3, 0.4) is 0 Å². The second-order valence-corrected chi connectivity index (χ2v) is 5.36. The summed E-state index contributed by atoms with van der Waals surface area (Å²) < 4.78 is 12.4. The zero-order valence-electron chi connectivity index (χ0n) is 13.7. The molecule has 0 radical (unpaired) electrons. The largest absolute Gasteiger partial charge is 0.493 e. The maximum absolute atomic E-state index is 12.8. The normalized spacial score (nSPS) is 11.5. The van der Waals surface area contributed by atoms with Crippen LogP contribution >= 0.6 is 0 Å². The molecule has 2 aromatic carbocycles. The van der Waals surface area contributed by atoms with E-state index < -0.39 is 0 Å². The number of aryl methyl sites for hydroxylation is 1. The lowest BCUT2D eigenvalue weighted by Gasteiger charge is -2.14. The highest BCUT2D eigenvalue weighted by molar-refractivity contribution is 6.08. The van der Waals surface area contributed by atoms with Crippen molar-refractivity contribution in [3.8, 4) is 11.5 Å². The van der Waals surface area contributed by atoms with Crippen LogP contribution in [0.15, 0.2) is 41.2 Å². The second-order valence-electron chi connectivity index (χ2n) is 5.36. The Morgan fingerprint density at radius 1 is 1.00 bits per heavy atom. The molecule has 4 nitrogen and oxygen atoms in total. The van der Waals surface area contributed by atoms with Crippen LogP contribution in [0, 0.1) is 0 Å². The Bertz CT molecular complexity index is 983. The van der Waals surface area contributed by atoms with E-state index in [0.717, 1.165) is 21.9 Å². The fourth-order valence-electron chi connectivity index (χ4n) is 3.03. The molecule has 4 heteroatoms. The molecule has 0 aliphatic heterocycles. The van der Waals surface area contributed by atoms with E-state index in [2.05, 4.69) is 0 Å². The highest BCUT2D eigenvalue weighted by atomic mass is 16.5. The maximum atomic E-state index is 12.8. The number of aromatic nitrogens is 1. The van der Waals surface area contributed by atoms with Crippen LogP contribution in [0.2, 0.25) is 0 Å². The van der Waals surface area contributed by atoms with Crippen LogP contribution < -0.4 is 15.0 Å². The van der Waals surface area contributed by atoms with Crippen molar-refractivity contribution < 1.29 is 9.47 Å². The van der Waals surface area contributed by atoms with E-state index in [0.29, 0.717) is 16.9 Å². The summed E-state index contributed by atoms with van der Waals surface area (Å²) in [4.78, 5) is 12.8. The number of methoxy groups -OCH3 is 2. The second kappa shape index (κ2) is 5.80. The molecule has 0 aliphatic carbocycles. The third kappa shape index (κ3) is 2.27. The first-order valence-corrected chi connectivity index (χ1v) is 7.42. The van der Waals surface area contributed by atoms with Crippen molar-refractivity contribution in [3.63, 3.8) is 0 Å². The molecule has 3 aromatic rings. The van der Waals surface area contributed by atoms with Crippen LogP contribution in [0.4, 0.5) is 0 Å². The number of allylic oxidation sites excluding steroid dienone is 1. The average molecular weight is 309 g/mol. The van der Waals surface area contributed by atoms with Gasteiger partial charge in [0.15, 0.2) is 11.5 Å². The van der Waals surface area contributed by atoms with Crippen LogP contribution in [0.25, 0.3) is 27.8 Å². The number of para-hydroxylation sites is 1. The molecule has 0 aliphatic rings. The van der Waals surface area contributed by atoms with Gasteiger partial charge in [0, 0.05) is 17.8 Å². The van der Waals surface area contributed by atoms with Crippen molar-refractivity contribution in [1.82, 2.24) is 4.57 Å². The Kier molecular flexibility index (Phi) is 3.82. The highest BCUT2D eigenvalue weighted by Gasteiger charge is 2.14. The number of hydrogen-bond acceptors (Lipinski definition) is 3. The summed E-state index contributed by atoms with van der Waals surface area (Å²) in [5.74, 6) is 1.17. The molecule has 0 spiro atoms. The quantitative estimate of drug-likeness (QED) is 0.692. The van der Waals surface area contributed by atoms with Gasteiger partial charge in [0.2, 0.25) is 0 Å². The summed E-state index contributed by atoms with van der Waals surface area (Å²) in [7, 11) is 4.96. The van der Waals surface area contributed by atoms with E-state index in [-0.39, 0.29) is 5.56 Å². The first-order valence-electron chi connectivity index (χ1n) is 7.42. The standard InChI is InChI=1S/C19H19NO3/c1-5-7-12-8-6-9-13-14-10-16(22-3)17(23-4)11-15(14)19(21)20(2)18(12)13/h5-11H,1-4H3/b7-5+. The topological polar surface area (TPSA) is 40.5 Å². The first kappa shape index (κ1) is 15.2. The van der Waals surface area contributed by atoms with E-state index in [9.17, 15) is 4.79 Å². The molecule has 1 heterocycles. The lowest BCUT2D eigenvalue weighted by Crippen LogP contribution is -2.18. The SMILES string of the molecule is C/C=C/c1cccc2c3cc(OC)c(OC)cc3c(=O)n(C)c12. The number of benzene rings is 2. The Morgan fingerprint density at radius 2 is 1.65 bits per heavy atom. The van der Waals surface area contributed by atoms with E-state index in [4.69, 9.17) is 9.47 Å². The van der Waals surface area contributed by atoms with Crippen molar-refractivity contribution in [2.45, 2.75) is 6.92 Å². The molecule has 0 atom stereocenters. The Labute approximate surface area is 134 Å². The Balaban J connectivity index is 2.58. The number of fused-ring (bicyclic) bond motifs is 3. The highest BCUT2D eigenvalue weighted by Crippen LogP contribution is 2.34. The molecular weight excluding hydrogens is 290 g/mol. The van der Waals surface area contributed by atoms with E-state index >= 15 is 0 Å². The fourth-order valence-corrected chi connectivity index (χ4v) is 3.03. The van der Waals surface area contributed by atoms with Gasteiger partial charge in [0.05, 0.1) is 25.1 Å². The molecule has 0 saturated heterocycles. The van der Waals surface area contributed by atoms with Crippen LogP contribution in [-0.2, 0) is 7.05 Å². The van der Waals surface area contributed by atoms with Gasteiger partial charge in [0.1, 0.15) is 0 Å². The Hall–Kier alpha value is -2.75. The summed E-state index contributed by atoms with van der Waals surface area (Å²) in [5, 5.41) is 2.50. The summed E-state index contributed by atoms with van der Waals surface area (Å²) in [6.45, 7) is 1.96. The van der Waals surface area contributed by atoms with Gasteiger partial charge in [-0.25, -0.2) is 0 Å². The van der Waals surface area contributed by atoms with Crippen molar-refractivity contribution >= 4 is 27.8 Å². The molecule has 0 amide bonds. The van der Waals surface area contributed by atoms with Gasteiger partial charge in [-0.3, -0.25) is 4.79 Å². The van der Waals surface area contributed by atoms with Crippen molar-refractivity contribution in [3.05, 3.63) is 52.3 Å². The molecule has 118 valence electrons. The third-order valence-electron chi connectivity index (χ3n) is 4.10. The van der Waals surface area contributed by atoms with Crippen molar-refractivity contribution in [2.75, 3.05) is 14.2 Å². The molecule has 0 N–H and O–H groups in total. The zero-order valence-corrected chi connectivity index (χ0v) is 13.7. The van der Waals surface area contributed by atoms with E-state index in [1.165, 1.54) is 0 Å². The molecule has 1 aromatic heterocycles. The fraction of sp³-hybridized carbons (Fsp3) is 0.211. The molecule has 0 saturated carbocycles. The molecule has 0 bridgehead atoms. The summed E-state index contributed by atoms with van der Waals surface area (Å²) in [6.07, 6.45) is 3.98. The van der Waals surface area contributed by atoms with Gasteiger partial charge >= 0.3 is 0 Å². The molecule has 0 fully saturated rings. The summed E-state index contributed by atoms with van der Waals surface area (Å²) >= 11 is 0. The number of ether oxygens (including phenoxy) is 2. The van der Waals surface area contributed by atoms with Crippen LogP contribution in [0.5, 0.6) is 11.5 Å². The smallest absolute Gasteiger partial charge is 0.258 e. The predicted octanol–water partition coefficient (Wildman–Crippen LogP) is 3.74. The molecule has 23 heavy (non-hydrogen) atoms. The van der Waals surface area contributed by atoms with Gasteiger partial charge < -0.3 is 14.0 Å². The minimum atomic E-state index is -0.0505. The number of hydrogen-bond donors (Lipinski definition) is 0. The summed E-state index contributed by atoms with van der Waals surface area (Å²) in [5.41, 5.74) is 1.88. The van der Waals surface area contributed by atoms with Gasteiger partial charge in [-0.1, -0.05) is 30.4 Å². The van der Waals surface area contributed by atoms with Gasteiger partial charge in [-0.2, -0.15) is 0 Å². The van der Waals surface area contributed by atoms with Gasteiger partial charge in [-0.15, -0.1) is 0 Å². The third-order valence-corrected chi connectivity index (χ3v) is 4.10. The summed E-state index contributed by atoms with van der Waals surface area (Å²) in [6, 6.07) is 9.65. The lowest BCUT2D eigenvalue weighted by atomic mass is 10.0. The van der Waals surface area contributed by atoms with Crippen LogP contribution in [-0.4, -0.2) is 18.8 Å². The minimum Gasteiger partial charge on any atom is -0.493 e. The number of pyridine rings is 1. The van der Waals surface area contributed by atoms with Gasteiger partial charge in [0.25, 0.3) is 5.56 Å². The lowest BCUT2D eigenvalue weighted by molar-refractivity contribution is 0.356. The minimum absolute atomic E-state index is 0.0505. The first-order chi connectivity index (χ1) is 11.1. The number of nitrogens with zero attached hydrogens (tertiary/aromatic N) is 1. The van der Waals surface area contributed by atoms with Crippen LogP contribution in [0.1, 0.15) is 12.5 Å². The van der Waals surface area contributed by atoms with Gasteiger partial charge in [-0.05, 0) is 24.6 Å². The van der Waals surface area contributed by atoms with E-state index in [1.54, 1.807) is 31.9 Å². The average Bonchev–Trinajstić information content (AvgIpc) is 2.58. The molecule has 0 unspecified atom stereocenters. The number of rotatable bonds is 3. The monoisotopic (exact) mass is 309 g/mol. The zero-order chi connectivity index (χ0) is 16.6. The maximum Gasteiger partial charge on any atom is 0.258 e. The molecule has 3 rings (SSSR count). The predicted molar refractivity (Wildman–Crippen MR) is 94.5 cm³/mol. The van der Waals surface area contributed by atoms with Crippen molar-refractivity contribution in [2.24, 2.45) is 7.05 Å². The Morgan fingerprint density at radius 3 is 2.26 bits per heavy atom. The van der Waals surface area contributed by atoms with Crippen molar-refractivity contribution in [1.29, 1.82) is 0 Å². The van der Waals surface area contributed by atoms with E-state index in [1.807, 2.05) is 43.3 Å². The molecular formula is C19H19NO3.